The number of halogens is 1. The molecule has 0 atom stereocenters. The van der Waals surface area contributed by atoms with Gasteiger partial charge in [0.2, 0.25) is 5.91 Å². The Labute approximate surface area is 139 Å². The van der Waals surface area contributed by atoms with Crippen LogP contribution >= 0.6 is 0 Å². The minimum atomic E-state index is -0.565. The number of carbonyl (C=O) groups excluding carboxylic acids is 2. The zero-order chi connectivity index (χ0) is 17.2. The van der Waals surface area contributed by atoms with E-state index in [4.69, 9.17) is 0 Å². The molecule has 0 aliphatic rings. The summed E-state index contributed by atoms with van der Waals surface area (Å²) in [5.41, 5.74) is 5.98. The first-order valence-corrected chi connectivity index (χ1v) is 7.24. The molecule has 5 nitrogen and oxygen atoms in total. The third-order valence-electron chi connectivity index (χ3n) is 2.94. The van der Waals surface area contributed by atoms with Crippen LogP contribution in [0.1, 0.15) is 11.1 Å². The lowest BCUT2D eigenvalue weighted by Gasteiger charge is -2.07. The standard InChI is InChI=1S/C18H16FN3O2/c19-16-10-8-15(9-11-16)13-17(23)21-22-18(24)20-12-4-7-14-5-2-1-3-6-14/h1-3,5-6,8-11H,12-13H2,(H,21,23)(H2,20,22,24). The number of hydrazine groups is 1. The summed E-state index contributed by atoms with van der Waals surface area (Å²) >= 11 is 0. The Morgan fingerprint density at radius 2 is 1.67 bits per heavy atom. The van der Waals surface area contributed by atoms with Crippen LogP contribution in [0.15, 0.2) is 54.6 Å². The fraction of sp³-hybridized carbons (Fsp3) is 0.111. The summed E-state index contributed by atoms with van der Waals surface area (Å²) in [5.74, 6) is 4.91. The van der Waals surface area contributed by atoms with Crippen molar-refractivity contribution in [3.8, 4) is 11.8 Å². The Bertz CT molecular complexity index is 749. The Balaban J connectivity index is 1.66. The maximum Gasteiger partial charge on any atom is 0.334 e. The summed E-state index contributed by atoms with van der Waals surface area (Å²) in [6.45, 7) is 0.147. The van der Waals surface area contributed by atoms with Crippen molar-refractivity contribution in [1.82, 2.24) is 16.2 Å². The molecule has 3 N–H and O–H groups in total. The van der Waals surface area contributed by atoms with Gasteiger partial charge >= 0.3 is 6.03 Å². The van der Waals surface area contributed by atoms with Crippen molar-refractivity contribution in [3.05, 3.63) is 71.5 Å². The SMILES string of the molecule is O=C(Cc1ccc(F)cc1)NNC(=O)NCC#Cc1ccccc1. The van der Waals surface area contributed by atoms with Gasteiger partial charge in [-0.05, 0) is 29.8 Å². The van der Waals surface area contributed by atoms with Gasteiger partial charge in [-0.15, -0.1) is 0 Å². The summed E-state index contributed by atoms with van der Waals surface area (Å²) in [6, 6.07) is 14.4. The zero-order valence-corrected chi connectivity index (χ0v) is 12.8. The van der Waals surface area contributed by atoms with Gasteiger partial charge in [-0.3, -0.25) is 10.2 Å². The van der Waals surface area contributed by atoms with E-state index >= 15 is 0 Å². The first-order chi connectivity index (χ1) is 11.6. The van der Waals surface area contributed by atoms with E-state index in [1.807, 2.05) is 30.3 Å². The van der Waals surface area contributed by atoms with Gasteiger partial charge in [0.25, 0.3) is 0 Å². The molecule has 0 radical (unpaired) electrons. The molecular weight excluding hydrogens is 309 g/mol. The normalized spacial score (nSPS) is 9.38. The second-order valence-corrected chi connectivity index (χ2v) is 4.83. The van der Waals surface area contributed by atoms with Crippen molar-refractivity contribution in [2.75, 3.05) is 6.54 Å². The molecule has 2 rings (SSSR count). The van der Waals surface area contributed by atoms with E-state index in [0.717, 1.165) is 5.56 Å². The third kappa shape index (κ3) is 6.20. The van der Waals surface area contributed by atoms with E-state index in [1.165, 1.54) is 24.3 Å². The van der Waals surface area contributed by atoms with Crippen LogP contribution in [0.4, 0.5) is 9.18 Å². The van der Waals surface area contributed by atoms with Gasteiger partial charge in [0, 0.05) is 5.56 Å². The van der Waals surface area contributed by atoms with Crippen LogP contribution in [0.3, 0.4) is 0 Å². The van der Waals surface area contributed by atoms with Crippen LogP contribution in [-0.4, -0.2) is 18.5 Å². The first-order valence-electron chi connectivity index (χ1n) is 7.24. The van der Waals surface area contributed by atoms with E-state index in [2.05, 4.69) is 28.0 Å². The molecule has 2 aromatic carbocycles. The maximum atomic E-state index is 12.8. The molecule has 0 spiro atoms. The maximum absolute atomic E-state index is 12.8. The molecule has 24 heavy (non-hydrogen) atoms. The predicted molar refractivity (Wildman–Crippen MR) is 88.1 cm³/mol. The van der Waals surface area contributed by atoms with Crippen LogP contribution in [0.2, 0.25) is 0 Å². The molecular formula is C18H16FN3O2. The van der Waals surface area contributed by atoms with Gasteiger partial charge in [0.05, 0.1) is 13.0 Å². The second-order valence-electron chi connectivity index (χ2n) is 4.83. The predicted octanol–water partition coefficient (Wildman–Crippen LogP) is 1.75. The first kappa shape index (κ1) is 17.0. The average Bonchev–Trinajstić information content (AvgIpc) is 2.60. The second kappa shape index (κ2) is 8.96. The number of rotatable bonds is 3. The van der Waals surface area contributed by atoms with Crippen molar-refractivity contribution in [3.63, 3.8) is 0 Å². The average molecular weight is 325 g/mol. The van der Waals surface area contributed by atoms with Gasteiger partial charge in [0.15, 0.2) is 0 Å². The smallest absolute Gasteiger partial charge is 0.326 e. The van der Waals surface area contributed by atoms with Crippen molar-refractivity contribution in [2.24, 2.45) is 0 Å². The highest BCUT2D eigenvalue weighted by atomic mass is 19.1. The molecule has 6 heteroatoms. The lowest BCUT2D eigenvalue weighted by atomic mass is 10.1. The Morgan fingerprint density at radius 3 is 2.38 bits per heavy atom. The number of urea groups is 1. The van der Waals surface area contributed by atoms with Crippen LogP contribution < -0.4 is 16.2 Å². The molecule has 0 saturated heterocycles. The van der Waals surface area contributed by atoms with Crippen LogP contribution in [0.5, 0.6) is 0 Å². The molecule has 3 amide bonds. The largest absolute Gasteiger partial charge is 0.334 e. The number of hydrogen-bond donors (Lipinski definition) is 3. The van der Waals surface area contributed by atoms with Crippen LogP contribution in [0.25, 0.3) is 0 Å². The summed E-state index contributed by atoms with van der Waals surface area (Å²) in [7, 11) is 0. The van der Waals surface area contributed by atoms with Crippen molar-refractivity contribution in [1.29, 1.82) is 0 Å². The number of benzene rings is 2. The van der Waals surface area contributed by atoms with Crippen molar-refractivity contribution >= 4 is 11.9 Å². The fourth-order valence-electron chi connectivity index (χ4n) is 1.79. The number of nitrogens with one attached hydrogen (secondary N) is 3. The number of hydrogen-bond acceptors (Lipinski definition) is 2. The molecule has 0 aliphatic carbocycles. The zero-order valence-electron chi connectivity index (χ0n) is 12.8. The molecule has 0 fully saturated rings. The molecule has 122 valence electrons. The van der Waals surface area contributed by atoms with Crippen molar-refractivity contribution in [2.45, 2.75) is 6.42 Å². The van der Waals surface area contributed by atoms with E-state index in [9.17, 15) is 14.0 Å². The Morgan fingerprint density at radius 1 is 0.958 bits per heavy atom. The molecule has 0 saturated carbocycles. The van der Waals surface area contributed by atoms with Gasteiger partial charge in [-0.25, -0.2) is 14.6 Å². The Hall–Kier alpha value is -3.33. The minimum Gasteiger partial charge on any atom is -0.326 e. The summed E-state index contributed by atoms with van der Waals surface area (Å²) < 4.78 is 12.8. The van der Waals surface area contributed by atoms with E-state index in [0.29, 0.717) is 5.56 Å². The highest BCUT2D eigenvalue weighted by Gasteiger charge is 2.05. The summed E-state index contributed by atoms with van der Waals surface area (Å²) in [4.78, 5) is 23.1. The highest BCUT2D eigenvalue weighted by molar-refractivity contribution is 5.82. The monoisotopic (exact) mass is 325 g/mol. The van der Waals surface area contributed by atoms with Crippen LogP contribution in [0, 0.1) is 17.7 Å². The number of amides is 3. The Kier molecular flexibility index (Phi) is 6.35. The quantitative estimate of drug-likeness (QED) is 0.594. The van der Waals surface area contributed by atoms with Gasteiger partial charge in [-0.1, -0.05) is 42.2 Å². The lowest BCUT2D eigenvalue weighted by molar-refractivity contribution is -0.121. The highest BCUT2D eigenvalue weighted by Crippen LogP contribution is 2.03. The van der Waals surface area contributed by atoms with Crippen LogP contribution in [-0.2, 0) is 11.2 Å². The fourth-order valence-corrected chi connectivity index (χ4v) is 1.79. The van der Waals surface area contributed by atoms with E-state index < -0.39 is 11.9 Å². The van der Waals surface area contributed by atoms with E-state index in [1.54, 1.807) is 0 Å². The number of carbonyl (C=O) groups is 2. The van der Waals surface area contributed by atoms with E-state index in [-0.39, 0.29) is 18.8 Å². The molecule has 0 aromatic heterocycles. The molecule has 0 unspecified atom stereocenters. The van der Waals surface area contributed by atoms with Gasteiger partial charge < -0.3 is 5.32 Å². The van der Waals surface area contributed by atoms with Crippen molar-refractivity contribution < 1.29 is 14.0 Å². The summed E-state index contributed by atoms with van der Waals surface area (Å²) in [6.07, 6.45) is 0.0361. The topological polar surface area (TPSA) is 70.2 Å². The third-order valence-corrected chi connectivity index (χ3v) is 2.94. The van der Waals surface area contributed by atoms with Gasteiger partial charge in [-0.2, -0.15) is 0 Å². The molecule has 0 aliphatic heterocycles. The molecule has 0 heterocycles. The molecule has 2 aromatic rings. The van der Waals surface area contributed by atoms with Gasteiger partial charge in [0.1, 0.15) is 5.82 Å². The lowest BCUT2D eigenvalue weighted by Crippen LogP contribution is -2.47. The summed E-state index contributed by atoms with van der Waals surface area (Å²) in [5, 5.41) is 2.49. The minimum absolute atomic E-state index is 0.0361. The molecule has 0 bridgehead atoms.